The van der Waals surface area contributed by atoms with Crippen molar-refractivity contribution in [2.24, 2.45) is 5.73 Å². The molecule has 5 nitrogen and oxygen atoms in total. The van der Waals surface area contributed by atoms with E-state index in [1.54, 1.807) is 0 Å². The third-order valence-electron chi connectivity index (χ3n) is 3.06. The van der Waals surface area contributed by atoms with Crippen molar-refractivity contribution in [1.82, 2.24) is 9.97 Å². The molecule has 2 unspecified atom stereocenters. The average Bonchev–Trinajstić information content (AvgIpc) is 2.28. The Bertz CT molecular complexity index is 430. The Labute approximate surface area is 100 Å². The smallest absolute Gasteiger partial charge is 0.254 e. The molecule has 0 saturated heterocycles. The van der Waals surface area contributed by atoms with Crippen LogP contribution in [-0.4, -0.2) is 22.1 Å². The highest BCUT2D eigenvalue weighted by Crippen LogP contribution is 2.21. The normalized spacial score (nSPS) is 24.6. The van der Waals surface area contributed by atoms with Crippen LogP contribution in [0.4, 0.5) is 0 Å². The largest absolute Gasteiger partial charge is 0.474 e. The fourth-order valence-corrected chi connectivity index (χ4v) is 2.17. The van der Waals surface area contributed by atoms with Crippen LogP contribution in [0.5, 0.6) is 5.88 Å². The fourth-order valence-electron chi connectivity index (χ4n) is 2.17. The number of nitrogens with two attached hydrogens (primary N) is 1. The molecule has 17 heavy (non-hydrogen) atoms. The first-order valence-corrected chi connectivity index (χ1v) is 6.20. The molecule has 2 rings (SSSR count). The monoisotopic (exact) mass is 237 g/mol. The number of nitrogens with zero attached hydrogens (tertiary/aromatic N) is 1. The summed E-state index contributed by atoms with van der Waals surface area (Å²) in [4.78, 5) is 18.3. The third kappa shape index (κ3) is 3.30. The molecule has 1 aliphatic carbocycles. The highest BCUT2D eigenvalue weighted by atomic mass is 16.5. The highest BCUT2D eigenvalue weighted by molar-refractivity contribution is 5.09. The van der Waals surface area contributed by atoms with E-state index in [1.165, 1.54) is 6.07 Å². The van der Waals surface area contributed by atoms with Gasteiger partial charge in [-0.15, -0.1) is 0 Å². The van der Waals surface area contributed by atoms with Gasteiger partial charge in [-0.1, -0.05) is 6.92 Å². The number of aromatic amines is 1. The van der Waals surface area contributed by atoms with Crippen molar-refractivity contribution in [1.29, 1.82) is 0 Å². The Hall–Kier alpha value is -1.36. The lowest BCUT2D eigenvalue weighted by atomic mass is 9.94. The van der Waals surface area contributed by atoms with E-state index >= 15 is 0 Å². The first-order valence-electron chi connectivity index (χ1n) is 6.20. The third-order valence-corrected chi connectivity index (χ3v) is 3.06. The van der Waals surface area contributed by atoms with Crippen LogP contribution in [0.3, 0.4) is 0 Å². The molecule has 1 aliphatic rings. The summed E-state index contributed by atoms with van der Waals surface area (Å²) >= 11 is 0. The summed E-state index contributed by atoms with van der Waals surface area (Å²) in [6, 6.07) is 1.61. The van der Waals surface area contributed by atoms with E-state index in [0.717, 1.165) is 25.7 Å². The summed E-state index contributed by atoms with van der Waals surface area (Å²) in [5.41, 5.74) is 5.74. The molecular weight excluding hydrogens is 218 g/mol. The van der Waals surface area contributed by atoms with Crippen LogP contribution < -0.4 is 16.0 Å². The molecule has 1 aromatic rings. The quantitative estimate of drug-likeness (QED) is 0.821. The van der Waals surface area contributed by atoms with Crippen LogP contribution in [0.25, 0.3) is 0 Å². The molecule has 0 spiro atoms. The summed E-state index contributed by atoms with van der Waals surface area (Å²) < 4.78 is 5.74. The van der Waals surface area contributed by atoms with Gasteiger partial charge in [0.25, 0.3) is 5.56 Å². The molecule has 0 aliphatic heterocycles. The van der Waals surface area contributed by atoms with Gasteiger partial charge in [-0.05, 0) is 25.7 Å². The number of aryl methyl sites for hydroxylation is 1. The second-order valence-electron chi connectivity index (χ2n) is 4.55. The number of ether oxygens (including phenoxy) is 1. The van der Waals surface area contributed by atoms with Crippen LogP contribution in [0.1, 0.15) is 38.4 Å². The number of hydrogen-bond donors (Lipinski definition) is 2. The minimum atomic E-state index is -0.160. The van der Waals surface area contributed by atoms with E-state index in [1.807, 2.05) is 6.92 Å². The predicted molar refractivity (Wildman–Crippen MR) is 65.1 cm³/mol. The molecule has 0 aromatic carbocycles. The number of aromatic nitrogens is 2. The maximum Gasteiger partial charge on any atom is 0.254 e. The van der Waals surface area contributed by atoms with Gasteiger partial charge in [0.1, 0.15) is 11.9 Å². The predicted octanol–water partition coefficient (Wildman–Crippen LogP) is 0.981. The van der Waals surface area contributed by atoms with E-state index in [-0.39, 0.29) is 17.7 Å². The number of nitrogens with one attached hydrogen (secondary N) is 1. The van der Waals surface area contributed by atoms with Crippen molar-refractivity contribution < 1.29 is 4.74 Å². The second kappa shape index (κ2) is 5.31. The first-order chi connectivity index (χ1) is 8.17. The fraction of sp³-hybridized carbons (Fsp3) is 0.667. The molecule has 94 valence electrons. The zero-order valence-electron chi connectivity index (χ0n) is 10.1. The summed E-state index contributed by atoms with van der Waals surface area (Å²) in [6.45, 7) is 1.94. The second-order valence-corrected chi connectivity index (χ2v) is 4.55. The maximum absolute atomic E-state index is 11.4. The van der Waals surface area contributed by atoms with Crippen LogP contribution in [0, 0.1) is 0 Å². The number of hydrogen-bond acceptors (Lipinski definition) is 4. The van der Waals surface area contributed by atoms with Crippen LogP contribution in [0.15, 0.2) is 10.9 Å². The van der Waals surface area contributed by atoms with E-state index in [9.17, 15) is 4.79 Å². The number of rotatable bonds is 3. The summed E-state index contributed by atoms with van der Waals surface area (Å²) in [6.07, 6.45) is 4.76. The molecule has 1 saturated carbocycles. The summed E-state index contributed by atoms with van der Waals surface area (Å²) in [5.74, 6) is 1.08. The van der Waals surface area contributed by atoms with E-state index in [2.05, 4.69) is 9.97 Å². The zero-order chi connectivity index (χ0) is 12.3. The topological polar surface area (TPSA) is 81.0 Å². The molecule has 3 N–H and O–H groups in total. The minimum absolute atomic E-state index is 0.0951. The molecular formula is C12H19N3O2. The van der Waals surface area contributed by atoms with Gasteiger partial charge in [0.05, 0.1) is 6.07 Å². The van der Waals surface area contributed by atoms with Gasteiger partial charge >= 0.3 is 0 Å². The van der Waals surface area contributed by atoms with Crippen molar-refractivity contribution in [2.45, 2.75) is 51.2 Å². The SMILES string of the molecule is CCc1nc(OC2CCCC(N)C2)cc(=O)[nH]1. The molecule has 5 heteroatoms. The molecule has 0 amide bonds. The molecule has 1 heterocycles. The molecule has 1 aromatic heterocycles. The molecule has 2 atom stereocenters. The van der Waals surface area contributed by atoms with E-state index in [4.69, 9.17) is 10.5 Å². The van der Waals surface area contributed by atoms with Crippen molar-refractivity contribution in [3.05, 3.63) is 22.2 Å². The molecule has 0 radical (unpaired) electrons. The van der Waals surface area contributed by atoms with E-state index < -0.39 is 0 Å². The Morgan fingerprint density at radius 1 is 1.59 bits per heavy atom. The van der Waals surface area contributed by atoms with Gasteiger partial charge in [0.2, 0.25) is 5.88 Å². The van der Waals surface area contributed by atoms with E-state index in [0.29, 0.717) is 18.1 Å². The van der Waals surface area contributed by atoms with Gasteiger partial charge in [-0.2, -0.15) is 0 Å². The van der Waals surface area contributed by atoms with Gasteiger partial charge in [0, 0.05) is 12.5 Å². The zero-order valence-corrected chi connectivity index (χ0v) is 10.1. The number of H-pyrrole nitrogens is 1. The standard InChI is InChI=1S/C12H19N3O2/c1-2-10-14-11(16)7-12(15-10)17-9-5-3-4-8(13)6-9/h7-9H,2-6,13H2,1H3,(H,14,15,16). The van der Waals surface area contributed by atoms with Crippen LogP contribution in [0.2, 0.25) is 0 Å². The summed E-state index contributed by atoms with van der Waals surface area (Å²) in [7, 11) is 0. The van der Waals surface area contributed by atoms with Crippen LogP contribution >= 0.6 is 0 Å². The van der Waals surface area contributed by atoms with Crippen molar-refractivity contribution in [3.63, 3.8) is 0 Å². The lowest BCUT2D eigenvalue weighted by molar-refractivity contribution is 0.138. The Kier molecular flexibility index (Phi) is 3.78. The highest BCUT2D eigenvalue weighted by Gasteiger charge is 2.21. The summed E-state index contributed by atoms with van der Waals surface area (Å²) in [5, 5.41) is 0. The molecule has 1 fully saturated rings. The Morgan fingerprint density at radius 3 is 3.12 bits per heavy atom. The minimum Gasteiger partial charge on any atom is -0.474 e. The lowest BCUT2D eigenvalue weighted by Crippen LogP contribution is -2.34. The van der Waals surface area contributed by atoms with Gasteiger partial charge in [0.15, 0.2) is 0 Å². The van der Waals surface area contributed by atoms with Crippen molar-refractivity contribution in [3.8, 4) is 5.88 Å². The maximum atomic E-state index is 11.4. The van der Waals surface area contributed by atoms with Gasteiger partial charge < -0.3 is 15.5 Å². The first kappa shape index (κ1) is 12.1. The van der Waals surface area contributed by atoms with Crippen molar-refractivity contribution in [2.75, 3.05) is 0 Å². The van der Waals surface area contributed by atoms with Crippen molar-refractivity contribution >= 4 is 0 Å². The Balaban J connectivity index is 2.07. The van der Waals surface area contributed by atoms with Gasteiger partial charge in [-0.25, -0.2) is 4.98 Å². The van der Waals surface area contributed by atoms with Gasteiger partial charge in [-0.3, -0.25) is 4.79 Å². The molecule has 0 bridgehead atoms. The lowest BCUT2D eigenvalue weighted by Gasteiger charge is -2.26. The van der Waals surface area contributed by atoms with Crippen LogP contribution in [-0.2, 0) is 6.42 Å². The Morgan fingerprint density at radius 2 is 2.41 bits per heavy atom. The average molecular weight is 237 g/mol.